The number of hydrogen-bond acceptors (Lipinski definition) is 2. The maximum absolute atomic E-state index is 5.59. The minimum absolute atomic E-state index is 0.845. The topological polar surface area (TPSA) is 18.5 Å². The van der Waals surface area contributed by atoms with Crippen LogP contribution in [-0.2, 0) is 0 Å². The second-order valence-electron chi connectivity index (χ2n) is 6.09. The Morgan fingerprint density at radius 1 is 0.840 bits per heavy atom. The van der Waals surface area contributed by atoms with Gasteiger partial charge < -0.3 is 9.47 Å². The molecule has 3 aromatic carbocycles. The molecular formula is C22H21BrO2. The molecule has 0 saturated heterocycles. The van der Waals surface area contributed by atoms with Crippen molar-refractivity contribution in [1.29, 1.82) is 0 Å². The second kappa shape index (κ2) is 7.32. The number of fused-ring (bicyclic) bond motifs is 1. The number of benzene rings is 3. The third-order valence-electron chi connectivity index (χ3n) is 4.28. The van der Waals surface area contributed by atoms with Crippen LogP contribution in [0.25, 0.3) is 22.9 Å². The Labute approximate surface area is 157 Å². The molecule has 0 bridgehead atoms. The Hall–Kier alpha value is -2.26. The summed E-state index contributed by atoms with van der Waals surface area (Å²) < 4.78 is 12.2. The molecule has 0 N–H and O–H groups in total. The zero-order valence-electron chi connectivity index (χ0n) is 14.9. The van der Waals surface area contributed by atoms with Gasteiger partial charge in [-0.25, -0.2) is 0 Å². The van der Waals surface area contributed by atoms with Crippen LogP contribution >= 0.6 is 15.9 Å². The predicted octanol–water partition coefficient (Wildman–Crippen LogP) is 6.41. The molecule has 0 aliphatic rings. The zero-order valence-corrected chi connectivity index (χ0v) is 16.5. The molecule has 0 aliphatic carbocycles. The van der Waals surface area contributed by atoms with Gasteiger partial charge in [0.15, 0.2) is 0 Å². The van der Waals surface area contributed by atoms with Gasteiger partial charge in [0.05, 0.1) is 14.2 Å². The SMILES string of the molecule is COc1cc2cccc(OC)c2cc1/C=C\c1cc(C)cc(C)c1Br. The van der Waals surface area contributed by atoms with Crippen molar-refractivity contribution < 1.29 is 9.47 Å². The summed E-state index contributed by atoms with van der Waals surface area (Å²) in [4.78, 5) is 0. The van der Waals surface area contributed by atoms with E-state index in [-0.39, 0.29) is 0 Å². The maximum Gasteiger partial charge on any atom is 0.126 e. The van der Waals surface area contributed by atoms with Crippen LogP contribution in [0, 0.1) is 13.8 Å². The zero-order chi connectivity index (χ0) is 18.0. The van der Waals surface area contributed by atoms with E-state index in [4.69, 9.17) is 9.47 Å². The van der Waals surface area contributed by atoms with Crippen LogP contribution in [0.5, 0.6) is 11.5 Å². The number of halogens is 1. The molecule has 3 aromatic rings. The molecule has 25 heavy (non-hydrogen) atoms. The minimum Gasteiger partial charge on any atom is -0.496 e. The first kappa shape index (κ1) is 17.6. The molecule has 3 rings (SSSR count). The average Bonchev–Trinajstić information content (AvgIpc) is 2.62. The van der Waals surface area contributed by atoms with Crippen molar-refractivity contribution in [2.24, 2.45) is 0 Å². The van der Waals surface area contributed by atoms with E-state index in [0.29, 0.717) is 0 Å². The number of aryl methyl sites for hydroxylation is 2. The Morgan fingerprint density at radius 3 is 2.28 bits per heavy atom. The van der Waals surface area contributed by atoms with Crippen LogP contribution in [-0.4, -0.2) is 14.2 Å². The van der Waals surface area contributed by atoms with Crippen molar-refractivity contribution in [3.8, 4) is 11.5 Å². The van der Waals surface area contributed by atoms with Crippen LogP contribution in [0.4, 0.5) is 0 Å². The largest absolute Gasteiger partial charge is 0.496 e. The highest BCUT2D eigenvalue weighted by Gasteiger charge is 2.08. The van der Waals surface area contributed by atoms with E-state index in [1.165, 1.54) is 11.1 Å². The maximum atomic E-state index is 5.59. The van der Waals surface area contributed by atoms with Crippen molar-refractivity contribution in [3.63, 3.8) is 0 Å². The van der Waals surface area contributed by atoms with Crippen LogP contribution in [0.3, 0.4) is 0 Å². The van der Waals surface area contributed by atoms with Gasteiger partial charge in [-0.05, 0) is 64.5 Å². The van der Waals surface area contributed by atoms with Crippen LogP contribution in [0.2, 0.25) is 0 Å². The molecule has 0 saturated carbocycles. The highest BCUT2D eigenvalue weighted by Crippen LogP contribution is 2.33. The summed E-state index contributed by atoms with van der Waals surface area (Å²) in [6.45, 7) is 4.22. The molecule has 3 heteroatoms. The van der Waals surface area contributed by atoms with Crippen LogP contribution < -0.4 is 9.47 Å². The summed E-state index contributed by atoms with van der Waals surface area (Å²) in [7, 11) is 3.40. The molecule has 2 nitrogen and oxygen atoms in total. The van der Waals surface area contributed by atoms with E-state index in [0.717, 1.165) is 37.9 Å². The summed E-state index contributed by atoms with van der Waals surface area (Å²) in [5.74, 6) is 1.71. The van der Waals surface area contributed by atoms with Crippen molar-refractivity contribution in [2.75, 3.05) is 14.2 Å². The van der Waals surface area contributed by atoms with Crippen LogP contribution in [0.1, 0.15) is 22.3 Å². The fourth-order valence-corrected chi connectivity index (χ4v) is 3.42. The van der Waals surface area contributed by atoms with Gasteiger partial charge in [-0.15, -0.1) is 0 Å². The minimum atomic E-state index is 0.845. The molecule has 0 heterocycles. The molecule has 0 atom stereocenters. The number of methoxy groups -OCH3 is 2. The van der Waals surface area contributed by atoms with E-state index in [2.05, 4.69) is 66.2 Å². The standard InChI is InChI=1S/C22H21BrO2/c1-14-10-15(2)22(23)18(11-14)9-8-17-12-19-16(13-21(17)25-4)6-5-7-20(19)24-3/h5-13H,1-4H3/b9-8-. The first-order chi connectivity index (χ1) is 12.0. The Balaban J connectivity index is 2.12. The van der Waals surface area contributed by atoms with E-state index < -0.39 is 0 Å². The van der Waals surface area contributed by atoms with Crippen molar-refractivity contribution in [2.45, 2.75) is 13.8 Å². The fourth-order valence-electron chi connectivity index (χ4n) is 3.06. The summed E-state index contributed by atoms with van der Waals surface area (Å²) >= 11 is 3.68. The Bertz CT molecular complexity index is 958. The molecule has 0 aromatic heterocycles. The lowest BCUT2D eigenvalue weighted by atomic mass is 10.0. The van der Waals surface area contributed by atoms with E-state index in [9.17, 15) is 0 Å². The molecule has 0 radical (unpaired) electrons. The van der Waals surface area contributed by atoms with Gasteiger partial charge in [-0.1, -0.05) is 42.0 Å². The van der Waals surface area contributed by atoms with Gasteiger partial charge >= 0.3 is 0 Å². The number of rotatable bonds is 4. The summed E-state index contributed by atoms with van der Waals surface area (Å²) in [5.41, 5.74) is 4.64. The van der Waals surface area contributed by atoms with Crippen molar-refractivity contribution >= 4 is 38.9 Å². The normalized spacial score (nSPS) is 11.2. The molecule has 0 spiro atoms. The van der Waals surface area contributed by atoms with E-state index in [1.54, 1.807) is 14.2 Å². The molecule has 0 amide bonds. The summed E-state index contributed by atoms with van der Waals surface area (Å²) in [5, 5.41) is 2.17. The van der Waals surface area contributed by atoms with Crippen molar-refractivity contribution in [3.05, 3.63) is 69.2 Å². The molecule has 0 unspecified atom stereocenters. The highest BCUT2D eigenvalue weighted by atomic mass is 79.9. The smallest absolute Gasteiger partial charge is 0.126 e. The Kier molecular flexibility index (Phi) is 5.14. The predicted molar refractivity (Wildman–Crippen MR) is 110 cm³/mol. The monoisotopic (exact) mass is 396 g/mol. The number of hydrogen-bond donors (Lipinski definition) is 0. The third-order valence-corrected chi connectivity index (χ3v) is 5.36. The van der Waals surface area contributed by atoms with Gasteiger partial charge in [-0.3, -0.25) is 0 Å². The van der Waals surface area contributed by atoms with Gasteiger partial charge in [0.2, 0.25) is 0 Å². The first-order valence-electron chi connectivity index (χ1n) is 8.13. The summed E-state index contributed by atoms with van der Waals surface area (Å²) in [6, 6.07) is 14.5. The quantitative estimate of drug-likeness (QED) is 0.474. The lowest BCUT2D eigenvalue weighted by Crippen LogP contribution is -1.90. The van der Waals surface area contributed by atoms with Crippen LogP contribution in [0.15, 0.2) is 46.9 Å². The first-order valence-corrected chi connectivity index (χ1v) is 8.92. The Morgan fingerprint density at radius 2 is 1.56 bits per heavy atom. The number of ether oxygens (including phenoxy) is 2. The third kappa shape index (κ3) is 3.57. The summed E-state index contributed by atoms with van der Waals surface area (Å²) in [6.07, 6.45) is 4.20. The van der Waals surface area contributed by atoms with Gasteiger partial charge in [-0.2, -0.15) is 0 Å². The van der Waals surface area contributed by atoms with E-state index >= 15 is 0 Å². The fraction of sp³-hybridized carbons (Fsp3) is 0.182. The second-order valence-corrected chi connectivity index (χ2v) is 6.89. The lowest BCUT2D eigenvalue weighted by Gasteiger charge is -2.11. The average molecular weight is 397 g/mol. The molecular weight excluding hydrogens is 376 g/mol. The molecule has 0 fully saturated rings. The van der Waals surface area contributed by atoms with Gasteiger partial charge in [0.1, 0.15) is 11.5 Å². The highest BCUT2D eigenvalue weighted by molar-refractivity contribution is 9.10. The molecule has 128 valence electrons. The lowest BCUT2D eigenvalue weighted by molar-refractivity contribution is 0.413. The van der Waals surface area contributed by atoms with Crippen molar-refractivity contribution in [1.82, 2.24) is 0 Å². The van der Waals surface area contributed by atoms with Gasteiger partial charge in [0, 0.05) is 15.4 Å². The molecule has 0 aliphatic heterocycles. The van der Waals surface area contributed by atoms with E-state index in [1.807, 2.05) is 18.2 Å². The van der Waals surface area contributed by atoms with Gasteiger partial charge in [0.25, 0.3) is 0 Å².